The van der Waals surface area contributed by atoms with Crippen molar-refractivity contribution in [1.29, 1.82) is 0 Å². The van der Waals surface area contributed by atoms with Gasteiger partial charge in [0.25, 0.3) is 0 Å². The van der Waals surface area contributed by atoms with Gasteiger partial charge in [-0.25, -0.2) is 13.1 Å². The van der Waals surface area contributed by atoms with E-state index in [1.54, 1.807) is 6.07 Å². The molecule has 0 radical (unpaired) electrons. The van der Waals surface area contributed by atoms with Crippen LogP contribution in [0.4, 0.5) is 0 Å². The van der Waals surface area contributed by atoms with E-state index in [2.05, 4.69) is 20.7 Å². The monoisotopic (exact) mass is 345 g/mol. The van der Waals surface area contributed by atoms with Gasteiger partial charge in [0.05, 0.1) is 4.90 Å². The predicted molar refractivity (Wildman–Crippen MR) is 81.2 cm³/mol. The van der Waals surface area contributed by atoms with Crippen LogP contribution in [0.1, 0.15) is 31.4 Å². The molecule has 2 rings (SSSR count). The molecule has 1 aliphatic carbocycles. The summed E-state index contributed by atoms with van der Waals surface area (Å²) in [5, 5.41) is 0.757. The lowest BCUT2D eigenvalue weighted by atomic mass is 9.98. The Morgan fingerprint density at radius 2 is 1.95 bits per heavy atom. The van der Waals surface area contributed by atoms with Crippen LogP contribution in [0.25, 0.3) is 0 Å². The molecule has 1 aromatic rings. The Morgan fingerprint density at radius 1 is 1.26 bits per heavy atom. The molecule has 1 aliphatic rings. The van der Waals surface area contributed by atoms with E-state index in [-0.39, 0.29) is 5.41 Å². The smallest absolute Gasteiger partial charge is 0.211 e. The van der Waals surface area contributed by atoms with Crippen LogP contribution in [0.5, 0.6) is 0 Å². The van der Waals surface area contributed by atoms with Crippen LogP contribution in [0.2, 0.25) is 0 Å². The van der Waals surface area contributed by atoms with Gasteiger partial charge in [0.1, 0.15) is 0 Å². The number of hydrogen-bond acceptors (Lipinski definition) is 2. The Labute approximate surface area is 124 Å². The van der Waals surface area contributed by atoms with Gasteiger partial charge in [0.15, 0.2) is 0 Å². The molecule has 0 saturated heterocycles. The number of fused-ring (bicyclic) bond motifs is 1. The fourth-order valence-corrected chi connectivity index (χ4v) is 3.63. The highest BCUT2D eigenvalue weighted by Gasteiger charge is 2.22. The molecule has 0 bridgehead atoms. The fourth-order valence-electron chi connectivity index (χ4n) is 2.14. The van der Waals surface area contributed by atoms with E-state index in [0.717, 1.165) is 24.6 Å². The van der Waals surface area contributed by atoms with Crippen LogP contribution in [0.15, 0.2) is 23.1 Å². The summed E-state index contributed by atoms with van der Waals surface area (Å²) in [5.74, 6) is 0. The summed E-state index contributed by atoms with van der Waals surface area (Å²) >= 11 is 3.40. The van der Waals surface area contributed by atoms with Crippen molar-refractivity contribution in [3.05, 3.63) is 29.3 Å². The molecule has 0 heterocycles. The second-order valence-electron chi connectivity index (χ2n) is 5.91. The molecule has 5 heteroatoms. The second kappa shape index (κ2) is 5.54. The van der Waals surface area contributed by atoms with Crippen molar-refractivity contribution in [1.82, 2.24) is 4.72 Å². The van der Waals surface area contributed by atoms with Gasteiger partial charge in [-0.1, -0.05) is 35.8 Å². The summed E-state index contributed by atoms with van der Waals surface area (Å²) in [4.78, 5) is 0.388. The Kier molecular flexibility index (Phi) is 4.38. The third kappa shape index (κ3) is 3.58. The normalized spacial score (nSPS) is 15.5. The Hall–Kier alpha value is -0.390. The molecule has 0 aromatic heterocycles. The Morgan fingerprint density at radius 3 is 2.63 bits per heavy atom. The van der Waals surface area contributed by atoms with Gasteiger partial charge in [-0.05, 0) is 47.9 Å². The second-order valence-corrected chi connectivity index (χ2v) is 8.23. The molecule has 3 nitrogen and oxygen atoms in total. The number of halogens is 1. The van der Waals surface area contributed by atoms with E-state index >= 15 is 0 Å². The molecule has 0 saturated carbocycles. The van der Waals surface area contributed by atoms with Crippen molar-refractivity contribution in [2.75, 3.05) is 11.9 Å². The first kappa shape index (κ1) is 15.0. The quantitative estimate of drug-likeness (QED) is 0.834. The highest BCUT2D eigenvalue weighted by molar-refractivity contribution is 9.09. The Bertz CT molecular complexity index is 567. The van der Waals surface area contributed by atoms with Crippen LogP contribution in [0, 0.1) is 5.41 Å². The van der Waals surface area contributed by atoms with Crippen LogP contribution in [0.3, 0.4) is 0 Å². The zero-order chi connectivity index (χ0) is 14.1. The van der Waals surface area contributed by atoms with Gasteiger partial charge in [0.2, 0.25) is 10.0 Å². The van der Waals surface area contributed by atoms with Gasteiger partial charge >= 0.3 is 0 Å². The number of nitrogens with one attached hydrogen (secondary N) is 1. The van der Waals surface area contributed by atoms with Gasteiger partial charge in [0, 0.05) is 11.9 Å². The minimum atomic E-state index is -3.40. The molecule has 1 N–H and O–H groups in total. The third-order valence-electron chi connectivity index (χ3n) is 3.48. The van der Waals surface area contributed by atoms with E-state index in [9.17, 15) is 8.42 Å². The molecule has 0 fully saturated rings. The zero-order valence-corrected chi connectivity index (χ0v) is 13.8. The minimum Gasteiger partial charge on any atom is -0.211 e. The number of alkyl halides is 1. The van der Waals surface area contributed by atoms with E-state index in [0.29, 0.717) is 11.4 Å². The summed E-state index contributed by atoms with van der Waals surface area (Å²) in [7, 11) is -3.40. The Balaban J connectivity index is 2.16. The molecule has 0 unspecified atom stereocenters. The molecule has 0 spiro atoms. The lowest BCUT2D eigenvalue weighted by Crippen LogP contribution is -2.34. The standard InChI is InChI=1S/C14H20BrNO2S/c1-14(2,9-15)10-16-19(17,18)13-7-6-11-4-3-5-12(11)8-13/h6-8,16H,3-5,9-10H2,1-2H3. The first-order valence-corrected chi connectivity index (χ1v) is 9.12. The van der Waals surface area contributed by atoms with Crippen molar-refractivity contribution in [2.45, 2.75) is 38.0 Å². The van der Waals surface area contributed by atoms with Gasteiger partial charge in [-0.2, -0.15) is 0 Å². The first-order chi connectivity index (χ1) is 8.84. The van der Waals surface area contributed by atoms with Gasteiger partial charge in [-0.3, -0.25) is 0 Å². The van der Waals surface area contributed by atoms with Crippen molar-refractivity contribution in [3.63, 3.8) is 0 Å². The van der Waals surface area contributed by atoms with Crippen molar-refractivity contribution in [3.8, 4) is 0 Å². The molecular weight excluding hydrogens is 326 g/mol. The average molecular weight is 346 g/mol. The zero-order valence-electron chi connectivity index (χ0n) is 11.4. The number of aryl methyl sites for hydroxylation is 2. The van der Waals surface area contributed by atoms with E-state index in [1.807, 2.05) is 26.0 Å². The largest absolute Gasteiger partial charge is 0.240 e. The number of benzene rings is 1. The van der Waals surface area contributed by atoms with Crippen LogP contribution in [-0.2, 0) is 22.9 Å². The maximum atomic E-state index is 12.3. The fraction of sp³-hybridized carbons (Fsp3) is 0.571. The summed E-state index contributed by atoms with van der Waals surface area (Å²) in [5.41, 5.74) is 2.38. The van der Waals surface area contributed by atoms with Crippen molar-refractivity contribution in [2.24, 2.45) is 5.41 Å². The van der Waals surface area contributed by atoms with E-state index < -0.39 is 10.0 Å². The van der Waals surface area contributed by atoms with Crippen molar-refractivity contribution >= 4 is 26.0 Å². The summed E-state index contributed by atoms with van der Waals surface area (Å²) in [6.45, 7) is 4.47. The minimum absolute atomic E-state index is 0.0935. The topological polar surface area (TPSA) is 46.2 Å². The van der Waals surface area contributed by atoms with Crippen LogP contribution in [-0.4, -0.2) is 20.3 Å². The maximum Gasteiger partial charge on any atom is 0.240 e. The van der Waals surface area contributed by atoms with Gasteiger partial charge < -0.3 is 0 Å². The number of hydrogen-bond donors (Lipinski definition) is 1. The lowest BCUT2D eigenvalue weighted by molar-refractivity contribution is 0.420. The maximum absolute atomic E-state index is 12.3. The van der Waals surface area contributed by atoms with Crippen LogP contribution < -0.4 is 4.72 Å². The summed E-state index contributed by atoms with van der Waals surface area (Å²) in [6.07, 6.45) is 3.19. The average Bonchev–Trinajstić information content (AvgIpc) is 2.84. The molecule has 1 aromatic carbocycles. The third-order valence-corrected chi connectivity index (χ3v) is 6.40. The molecular formula is C14H20BrNO2S. The molecule has 0 amide bonds. The molecule has 19 heavy (non-hydrogen) atoms. The van der Waals surface area contributed by atoms with Crippen molar-refractivity contribution < 1.29 is 8.42 Å². The molecule has 0 atom stereocenters. The SMILES string of the molecule is CC(C)(CBr)CNS(=O)(=O)c1ccc2c(c1)CCC2. The van der Waals surface area contributed by atoms with Crippen LogP contribution >= 0.6 is 15.9 Å². The number of sulfonamides is 1. The lowest BCUT2D eigenvalue weighted by Gasteiger charge is -2.21. The summed E-state index contributed by atoms with van der Waals surface area (Å²) in [6, 6.07) is 5.49. The van der Waals surface area contributed by atoms with Gasteiger partial charge in [-0.15, -0.1) is 0 Å². The highest BCUT2D eigenvalue weighted by Crippen LogP contribution is 2.25. The number of rotatable bonds is 5. The van der Waals surface area contributed by atoms with E-state index in [4.69, 9.17) is 0 Å². The van der Waals surface area contributed by atoms with E-state index in [1.165, 1.54) is 11.1 Å². The first-order valence-electron chi connectivity index (χ1n) is 6.51. The summed E-state index contributed by atoms with van der Waals surface area (Å²) < 4.78 is 27.2. The highest BCUT2D eigenvalue weighted by atomic mass is 79.9. The predicted octanol–water partition coefficient (Wildman–Crippen LogP) is 2.87. The molecule has 0 aliphatic heterocycles. The molecule has 106 valence electrons.